The summed E-state index contributed by atoms with van der Waals surface area (Å²) >= 11 is 5.95. The van der Waals surface area contributed by atoms with Crippen molar-refractivity contribution in [2.45, 2.75) is 19.3 Å². The Morgan fingerprint density at radius 2 is 1.86 bits per heavy atom. The van der Waals surface area contributed by atoms with Crippen molar-refractivity contribution in [1.82, 2.24) is 10.2 Å². The first kappa shape index (κ1) is 20.3. The summed E-state index contributed by atoms with van der Waals surface area (Å²) in [5, 5.41) is 3.59. The third-order valence-corrected chi connectivity index (χ3v) is 5.15. The quantitative estimate of drug-likeness (QED) is 0.820. The summed E-state index contributed by atoms with van der Waals surface area (Å²) in [6.07, 6.45) is 1.71. The van der Waals surface area contributed by atoms with Crippen LogP contribution in [-0.4, -0.2) is 36.3 Å². The lowest BCUT2D eigenvalue weighted by atomic mass is 9.95. The molecule has 4 nitrogen and oxygen atoms in total. The number of likely N-dealkylation sites (tertiary alicyclic amines) is 1. The summed E-state index contributed by atoms with van der Waals surface area (Å²) in [5.41, 5.74) is 0.903. The van der Waals surface area contributed by atoms with E-state index in [0.717, 1.165) is 17.7 Å². The molecule has 0 radical (unpaired) electrons. The van der Waals surface area contributed by atoms with Gasteiger partial charge in [0, 0.05) is 36.6 Å². The topological polar surface area (TPSA) is 49.4 Å². The number of hydrogen-bond acceptors (Lipinski definition) is 2. The zero-order valence-corrected chi connectivity index (χ0v) is 16.0. The maximum atomic E-state index is 13.8. The molecule has 2 amide bonds. The summed E-state index contributed by atoms with van der Waals surface area (Å²) in [4.78, 5) is 26.3. The van der Waals surface area contributed by atoms with Crippen LogP contribution in [0.25, 0.3) is 0 Å². The number of halogens is 3. The van der Waals surface area contributed by atoms with Gasteiger partial charge < -0.3 is 10.2 Å². The predicted octanol–water partition coefficient (Wildman–Crippen LogP) is 3.83. The van der Waals surface area contributed by atoms with E-state index in [2.05, 4.69) is 5.32 Å². The molecule has 0 saturated carbocycles. The highest BCUT2D eigenvalue weighted by molar-refractivity contribution is 6.30. The molecule has 1 fully saturated rings. The highest BCUT2D eigenvalue weighted by Gasteiger charge is 2.28. The van der Waals surface area contributed by atoms with Crippen molar-refractivity contribution in [3.63, 3.8) is 0 Å². The largest absolute Gasteiger partial charge is 0.356 e. The highest BCUT2D eigenvalue weighted by atomic mass is 35.5. The Balaban J connectivity index is 1.46. The van der Waals surface area contributed by atoms with E-state index < -0.39 is 17.5 Å². The van der Waals surface area contributed by atoms with Crippen molar-refractivity contribution >= 4 is 23.4 Å². The fraction of sp³-hybridized carbons (Fsp3) is 0.333. The number of carbonyl (C=O) groups is 2. The molecule has 0 spiro atoms. The number of hydrogen-bond donors (Lipinski definition) is 1. The van der Waals surface area contributed by atoms with Crippen LogP contribution in [0.3, 0.4) is 0 Å². The van der Waals surface area contributed by atoms with Crippen LogP contribution in [0.1, 0.15) is 28.8 Å². The number of amides is 2. The number of nitrogens with zero attached hydrogens (tertiary/aromatic N) is 1. The van der Waals surface area contributed by atoms with Gasteiger partial charge >= 0.3 is 0 Å². The van der Waals surface area contributed by atoms with Gasteiger partial charge in [-0.15, -0.1) is 0 Å². The van der Waals surface area contributed by atoms with Crippen LogP contribution in [0, 0.1) is 17.6 Å². The summed E-state index contributed by atoms with van der Waals surface area (Å²) in [6, 6.07) is 10.4. The van der Waals surface area contributed by atoms with Crippen molar-refractivity contribution < 1.29 is 18.4 Å². The van der Waals surface area contributed by atoms with E-state index in [9.17, 15) is 18.4 Å². The van der Waals surface area contributed by atoms with Crippen molar-refractivity contribution in [3.05, 3.63) is 70.2 Å². The van der Waals surface area contributed by atoms with E-state index in [4.69, 9.17) is 11.6 Å². The Morgan fingerprint density at radius 1 is 1.11 bits per heavy atom. The zero-order chi connectivity index (χ0) is 20.1. The molecule has 3 rings (SSSR count). The Kier molecular flexibility index (Phi) is 6.62. The van der Waals surface area contributed by atoms with E-state index >= 15 is 0 Å². The van der Waals surface area contributed by atoms with Gasteiger partial charge in [-0.25, -0.2) is 8.78 Å². The summed E-state index contributed by atoms with van der Waals surface area (Å²) < 4.78 is 26.8. The molecule has 1 N–H and O–H groups in total. The zero-order valence-electron chi connectivity index (χ0n) is 15.3. The average Bonchev–Trinajstić information content (AvgIpc) is 2.67. The summed E-state index contributed by atoms with van der Waals surface area (Å²) in [6.45, 7) is 1.24. The predicted molar refractivity (Wildman–Crippen MR) is 103 cm³/mol. The van der Waals surface area contributed by atoms with Gasteiger partial charge in [0.05, 0.1) is 5.56 Å². The van der Waals surface area contributed by atoms with Gasteiger partial charge in [0.1, 0.15) is 11.6 Å². The molecule has 0 atom stereocenters. The van der Waals surface area contributed by atoms with Gasteiger partial charge in [0.25, 0.3) is 5.91 Å². The number of rotatable bonds is 5. The van der Waals surface area contributed by atoms with Gasteiger partial charge in [-0.3, -0.25) is 9.59 Å². The van der Waals surface area contributed by atoms with Crippen LogP contribution in [0.15, 0.2) is 42.5 Å². The van der Waals surface area contributed by atoms with Crippen LogP contribution in [0.2, 0.25) is 5.02 Å². The maximum absolute atomic E-state index is 13.8. The molecule has 0 aromatic heterocycles. The van der Waals surface area contributed by atoms with E-state index in [-0.39, 0.29) is 17.4 Å². The lowest BCUT2D eigenvalue weighted by molar-refractivity contribution is -0.126. The van der Waals surface area contributed by atoms with Crippen LogP contribution >= 0.6 is 11.6 Å². The monoisotopic (exact) mass is 406 g/mol. The van der Waals surface area contributed by atoms with Crippen LogP contribution in [-0.2, 0) is 11.2 Å². The fourth-order valence-electron chi connectivity index (χ4n) is 3.34. The first-order valence-corrected chi connectivity index (χ1v) is 9.58. The SMILES string of the molecule is O=C(NCCc1cccc(Cl)c1)C1CCN(C(=O)c2ccc(F)cc2F)CC1. The normalized spacial score (nSPS) is 14.8. The van der Waals surface area contributed by atoms with Crippen LogP contribution in [0.4, 0.5) is 8.78 Å². The minimum atomic E-state index is -0.870. The summed E-state index contributed by atoms with van der Waals surface area (Å²) in [5.74, 6) is -2.28. The standard InChI is InChI=1S/C21H21ClF2N2O2/c22-16-3-1-2-14(12-16)6-9-25-20(27)15-7-10-26(11-8-15)21(28)18-5-4-17(23)13-19(18)24/h1-5,12-13,15H,6-11H2,(H,25,27). The van der Waals surface area contributed by atoms with Crippen molar-refractivity contribution in [3.8, 4) is 0 Å². The minimum absolute atomic E-state index is 0.0397. The van der Waals surface area contributed by atoms with Gasteiger partial charge in [0.15, 0.2) is 0 Å². The molecule has 1 aliphatic heterocycles. The molecule has 2 aromatic rings. The second-order valence-corrected chi connectivity index (χ2v) is 7.30. The first-order valence-electron chi connectivity index (χ1n) is 9.20. The minimum Gasteiger partial charge on any atom is -0.356 e. The lowest BCUT2D eigenvalue weighted by Crippen LogP contribution is -2.43. The molecule has 2 aromatic carbocycles. The van der Waals surface area contributed by atoms with Crippen LogP contribution in [0.5, 0.6) is 0 Å². The third-order valence-electron chi connectivity index (χ3n) is 4.92. The van der Waals surface area contributed by atoms with Gasteiger partial charge in [-0.2, -0.15) is 0 Å². The Morgan fingerprint density at radius 3 is 2.54 bits per heavy atom. The number of carbonyl (C=O) groups excluding carboxylic acids is 2. The Bertz CT molecular complexity index is 867. The number of piperidine rings is 1. The van der Waals surface area contributed by atoms with Crippen LogP contribution < -0.4 is 5.32 Å². The lowest BCUT2D eigenvalue weighted by Gasteiger charge is -2.31. The molecule has 28 heavy (non-hydrogen) atoms. The van der Waals surface area contributed by atoms with E-state index in [1.165, 1.54) is 4.90 Å². The van der Waals surface area contributed by atoms with Gasteiger partial charge in [-0.05, 0) is 49.1 Å². The van der Waals surface area contributed by atoms with Gasteiger partial charge in [0.2, 0.25) is 5.91 Å². The molecule has 148 valence electrons. The van der Waals surface area contributed by atoms with E-state index in [1.54, 1.807) is 6.07 Å². The molecule has 1 saturated heterocycles. The molecular formula is C21H21ClF2N2O2. The third kappa shape index (κ3) is 5.07. The smallest absolute Gasteiger partial charge is 0.256 e. The molecule has 0 bridgehead atoms. The van der Waals surface area contributed by atoms with Gasteiger partial charge in [-0.1, -0.05) is 23.7 Å². The van der Waals surface area contributed by atoms with E-state index in [0.29, 0.717) is 50.0 Å². The molecular weight excluding hydrogens is 386 g/mol. The first-order chi connectivity index (χ1) is 13.4. The van der Waals surface area contributed by atoms with E-state index in [1.807, 2.05) is 18.2 Å². The second-order valence-electron chi connectivity index (χ2n) is 6.86. The maximum Gasteiger partial charge on any atom is 0.256 e. The molecule has 1 heterocycles. The molecule has 7 heteroatoms. The molecule has 0 unspecified atom stereocenters. The van der Waals surface area contributed by atoms with Crippen molar-refractivity contribution in [2.75, 3.05) is 19.6 Å². The highest BCUT2D eigenvalue weighted by Crippen LogP contribution is 2.21. The Labute approximate surface area is 167 Å². The Hall–Kier alpha value is -2.47. The summed E-state index contributed by atoms with van der Waals surface area (Å²) in [7, 11) is 0. The number of nitrogens with one attached hydrogen (secondary N) is 1. The average molecular weight is 407 g/mol. The fourth-order valence-corrected chi connectivity index (χ4v) is 3.56. The molecule has 0 aliphatic carbocycles. The molecule has 1 aliphatic rings. The number of benzene rings is 2. The van der Waals surface area contributed by atoms with Crippen molar-refractivity contribution in [1.29, 1.82) is 0 Å². The van der Waals surface area contributed by atoms with Crippen molar-refractivity contribution in [2.24, 2.45) is 5.92 Å². The second kappa shape index (κ2) is 9.15.